The predicted octanol–water partition coefficient (Wildman–Crippen LogP) is 6.01. The van der Waals surface area contributed by atoms with E-state index in [9.17, 15) is 13.2 Å². The van der Waals surface area contributed by atoms with E-state index >= 15 is 0 Å². The number of aryl methyl sites for hydroxylation is 1. The Kier molecular flexibility index (Phi) is 3.53. The average Bonchev–Trinajstić information content (AvgIpc) is 2.78. The number of halogens is 4. The molecule has 0 saturated carbocycles. The molecule has 113 valence electrons. The highest BCUT2D eigenvalue weighted by Crippen LogP contribution is 2.39. The van der Waals surface area contributed by atoms with Gasteiger partial charge in [0.05, 0.1) is 10.6 Å². The second-order valence-corrected chi connectivity index (χ2v) is 5.13. The van der Waals surface area contributed by atoms with E-state index in [0.29, 0.717) is 21.9 Å². The van der Waals surface area contributed by atoms with Crippen molar-refractivity contribution in [3.8, 4) is 11.5 Å². The van der Waals surface area contributed by atoms with Crippen molar-refractivity contribution in [3.05, 3.63) is 58.8 Å². The summed E-state index contributed by atoms with van der Waals surface area (Å²) < 4.78 is 49.9. The van der Waals surface area contributed by atoms with Crippen LogP contribution in [0.2, 0.25) is 5.02 Å². The Morgan fingerprint density at radius 3 is 2.64 bits per heavy atom. The first-order chi connectivity index (χ1) is 10.3. The van der Waals surface area contributed by atoms with Crippen LogP contribution in [0.1, 0.15) is 11.3 Å². The first-order valence-corrected chi connectivity index (χ1v) is 6.67. The largest absolute Gasteiger partial charge is 0.457 e. The van der Waals surface area contributed by atoms with Crippen molar-refractivity contribution in [2.24, 2.45) is 0 Å². The number of hydrogen-bond donors (Lipinski definition) is 0. The van der Waals surface area contributed by atoms with Gasteiger partial charge in [-0.05, 0) is 37.3 Å². The van der Waals surface area contributed by atoms with Gasteiger partial charge in [-0.15, -0.1) is 0 Å². The molecule has 0 fully saturated rings. The third kappa shape index (κ3) is 2.90. The molecule has 0 N–H and O–H groups in total. The average molecular weight is 326 g/mol. The first-order valence-electron chi connectivity index (χ1n) is 6.29. The molecule has 3 rings (SSSR count). The molecule has 1 aromatic heterocycles. The van der Waals surface area contributed by atoms with Crippen molar-refractivity contribution in [2.75, 3.05) is 0 Å². The molecule has 2 nitrogen and oxygen atoms in total. The van der Waals surface area contributed by atoms with E-state index in [2.05, 4.69) is 6.07 Å². The number of hydrogen-bond acceptors (Lipinski definition) is 2. The Bertz CT molecular complexity index is 837. The summed E-state index contributed by atoms with van der Waals surface area (Å²) in [5.74, 6) is 0.789. The summed E-state index contributed by atoms with van der Waals surface area (Å²) in [5, 5.41) is 0.632. The van der Waals surface area contributed by atoms with Crippen molar-refractivity contribution in [1.82, 2.24) is 0 Å². The topological polar surface area (TPSA) is 22.4 Å². The number of ether oxygens (including phenoxy) is 1. The number of fused-ring (bicyclic) bond motifs is 1. The van der Waals surface area contributed by atoms with Gasteiger partial charge in [0.1, 0.15) is 11.5 Å². The normalized spacial score (nSPS) is 11.9. The lowest BCUT2D eigenvalue weighted by atomic mass is 10.1. The molecule has 0 bridgehead atoms. The lowest BCUT2D eigenvalue weighted by Crippen LogP contribution is -2.04. The van der Waals surface area contributed by atoms with Gasteiger partial charge < -0.3 is 9.15 Å². The van der Waals surface area contributed by atoms with Crippen LogP contribution in [-0.4, -0.2) is 0 Å². The smallest absolute Gasteiger partial charge is 0.416 e. The Morgan fingerprint density at radius 1 is 1.18 bits per heavy atom. The second kappa shape index (κ2) is 5.25. The van der Waals surface area contributed by atoms with Gasteiger partial charge in [-0.1, -0.05) is 11.6 Å². The molecule has 3 aromatic rings. The summed E-state index contributed by atoms with van der Waals surface area (Å²) in [6.07, 6.45) is -4.47. The number of rotatable bonds is 2. The van der Waals surface area contributed by atoms with E-state index in [4.69, 9.17) is 20.8 Å². The van der Waals surface area contributed by atoms with Gasteiger partial charge in [0, 0.05) is 17.5 Å². The molecule has 0 atom stereocenters. The molecule has 0 aliphatic heterocycles. The van der Waals surface area contributed by atoms with Crippen molar-refractivity contribution < 1.29 is 22.3 Å². The fourth-order valence-electron chi connectivity index (χ4n) is 2.10. The molecule has 0 saturated heterocycles. The third-order valence-corrected chi connectivity index (χ3v) is 3.22. The zero-order valence-electron chi connectivity index (χ0n) is 11.3. The molecule has 1 heterocycles. The van der Waals surface area contributed by atoms with Gasteiger partial charge in [0.15, 0.2) is 11.3 Å². The molecule has 0 spiro atoms. The SMILES string of the molecule is Cc1cc2cc(C(F)(F)F)cc(Oc3cc[c]c(Cl)c3)c2o1. The van der Waals surface area contributed by atoms with Gasteiger partial charge in [-0.25, -0.2) is 0 Å². The Balaban J connectivity index is 2.14. The third-order valence-electron chi connectivity index (χ3n) is 3.00. The minimum atomic E-state index is -4.47. The lowest BCUT2D eigenvalue weighted by Gasteiger charge is -2.11. The van der Waals surface area contributed by atoms with Crippen LogP contribution >= 0.6 is 11.6 Å². The zero-order chi connectivity index (χ0) is 15.9. The van der Waals surface area contributed by atoms with Gasteiger partial charge in [0.25, 0.3) is 0 Å². The summed E-state index contributed by atoms with van der Waals surface area (Å²) in [7, 11) is 0. The van der Waals surface area contributed by atoms with Crippen molar-refractivity contribution >= 4 is 22.6 Å². The molecule has 22 heavy (non-hydrogen) atoms. The Hall–Kier alpha value is -2.14. The molecule has 0 aliphatic carbocycles. The summed E-state index contributed by atoms with van der Waals surface area (Å²) in [4.78, 5) is 0. The molecular weight excluding hydrogens is 317 g/mol. The number of furan rings is 1. The molecule has 0 amide bonds. The van der Waals surface area contributed by atoms with Gasteiger partial charge >= 0.3 is 6.18 Å². The monoisotopic (exact) mass is 325 g/mol. The minimum Gasteiger partial charge on any atom is -0.457 e. The predicted molar refractivity (Wildman–Crippen MR) is 76.3 cm³/mol. The Labute approximate surface area is 129 Å². The molecule has 2 aromatic carbocycles. The lowest BCUT2D eigenvalue weighted by molar-refractivity contribution is -0.137. The maximum absolute atomic E-state index is 13.0. The van der Waals surface area contributed by atoms with Gasteiger partial charge in [-0.2, -0.15) is 13.2 Å². The fraction of sp³-hybridized carbons (Fsp3) is 0.125. The van der Waals surface area contributed by atoms with E-state index in [1.807, 2.05) is 0 Å². The highest BCUT2D eigenvalue weighted by Gasteiger charge is 2.32. The van der Waals surface area contributed by atoms with Crippen LogP contribution < -0.4 is 4.74 Å². The van der Waals surface area contributed by atoms with E-state index in [0.717, 1.165) is 12.1 Å². The van der Waals surface area contributed by atoms with Crippen LogP contribution in [0.25, 0.3) is 11.0 Å². The summed E-state index contributed by atoms with van der Waals surface area (Å²) >= 11 is 5.80. The zero-order valence-corrected chi connectivity index (χ0v) is 12.0. The van der Waals surface area contributed by atoms with E-state index < -0.39 is 11.7 Å². The number of alkyl halides is 3. The van der Waals surface area contributed by atoms with Crippen LogP contribution in [0.15, 0.2) is 40.8 Å². The molecule has 1 radical (unpaired) electrons. The van der Waals surface area contributed by atoms with E-state index in [-0.39, 0.29) is 11.3 Å². The summed E-state index contributed by atoms with van der Waals surface area (Å²) in [6.45, 7) is 1.66. The van der Waals surface area contributed by atoms with Crippen molar-refractivity contribution in [1.29, 1.82) is 0 Å². The Morgan fingerprint density at radius 2 is 1.95 bits per heavy atom. The summed E-state index contributed by atoms with van der Waals surface area (Å²) in [6, 6.07) is 10.7. The maximum atomic E-state index is 13.0. The quantitative estimate of drug-likeness (QED) is 0.576. The number of benzene rings is 2. The maximum Gasteiger partial charge on any atom is 0.416 e. The first kappa shape index (κ1) is 14.8. The molecular formula is C16H9ClF3O2. The molecule has 0 aliphatic rings. The standard InChI is InChI=1S/C16H9ClF3O2/c1-9-5-10-6-11(16(18,19)20)7-14(15(10)21-9)22-13-4-2-3-12(17)8-13/h2,4-8H,1H3. The highest BCUT2D eigenvalue weighted by atomic mass is 35.5. The van der Waals surface area contributed by atoms with Gasteiger partial charge in [0.2, 0.25) is 0 Å². The minimum absolute atomic E-state index is 0.0137. The van der Waals surface area contributed by atoms with Gasteiger partial charge in [-0.3, -0.25) is 0 Å². The fourth-order valence-corrected chi connectivity index (χ4v) is 2.27. The van der Waals surface area contributed by atoms with Crippen LogP contribution in [0.3, 0.4) is 0 Å². The van der Waals surface area contributed by atoms with Crippen molar-refractivity contribution in [2.45, 2.75) is 13.1 Å². The highest BCUT2D eigenvalue weighted by molar-refractivity contribution is 6.30. The van der Waals surface area contributed by atoms with Crippen LogP contribution in [0.4, 0.5) is 13.2 Å². The van der Waals surface area contributed by atoms with Crippen LogP contribution in [-0.2, 0) is 6.18 Å². The molecule has 0 unspecified atom stereocenters. The molecule has 6 heteroatoms. The van der Waals surface area contributed by atoms with Crippen LogP contribution in [0.5, 0.6) is 11.5 Å². The van der Waals surface area contributed by atoms with E-state index in [1.165, 1.54) is 18.2 Å². The second-order valence-electron chi connectivity index (χ2n) is 4.72. The summed E-state index contributed by atoms with van der Waals surface area (Å²) in [5.41, 5.74) is -0.543. The van der Waals surface area contributed by atoms with Crippen molar-refractivity contribution in [3.63, 3.8) is 0 Å². The van der Waals surface area contributed by atoms with Crippen LogP contribution in [0, 0.1) is 13.0 Å². The van der Waals surface area contributed by atoms with E-state index in [1.54, 1.807) is 13.0 Å².